The van der Waals surface area contributed by atoms with Crippen LogP contribution in [0.2, 0.25) is 0 Å². The van der Waals surface area contributed by atoms with Crippen LogP contribution in [0, 0.1) is 0 Å². The highest BCUT2D eigenvalue weighted by atomic mass is 19.4. The molecule has 120 valence electrons. The highest BCUT2D eigenvalue weighted by molar-refractivity contribution is 5.94. The van der Waals surface area contributed by atoms with E-state index in [2.05, 4.69) is 15.5 Å². The third kappa shape index (κ3) is 3.73. The van der Waals surface area contributed by atoms with Gasteiger partial charge in [-0.1, -0.05) is 0 Å². The van der Waals surface area contributed by atoms with Crippen LogP contribution in [0.3, 0.4) is 0 Å². The second-order valence-corrected chi connectivity index (χ2v) is 4.60. The number of ether oxygens (including phenoxy) is 2. The predicted octanol–water partition coefficient (Wildman–Crippen LogP) is 2.51. The molecule has 2 rings (SSSR count). The van der Waals surface area contributed by atoms with Crippen molar-refractivity contribution in [1.82, 2.24) is 5.32 Å². The molecule has 9 heteroatoms. The number of carbonyl (C=O) groups excluding carboxylic acids is 1. The Balaban J connectivity index is 1.80. The summed E-state index contributed by atoms with van der Waals surface area (Å²) in [7, 11) is 1.48. The molecule has 0 aliphatic carbocycles. The molecule has 1 amide bonds. The van der Waals surface area contributed by atoms with Crippen LogP contribution in [-0.4, -0.2) is 38.2 Å². The molecule has 0 saturated carbocycles. The molecule has 0 radical (unpaired) electrons. The van der Waals surface area contributed by atoms with Gasteiger partial charge >= 0.3 is 6.18 Å². The van der Waals surface area contributed by atoms with Gasteiger partial charge < -0.3 is 14.8 Å². The summed E-state index contributed by atoms with van der Waals surface area (Å²) in [6, 6.07) is 6.14. The monoisotopic (exact) mass is 317 g/mol. The van der Waals surface area contributed by atoms with Gasteiger partial charge in [0, 0.05) is 25.6 Å². The van der Waals surface area contributed by atoms with Crippen molar-refractivity contribution in [2.24, 2.45) is 10.2 Å². The lowest BCUT2D eigenvalue weighted by molar-refractivity contribution is -0.164. The predicted molar refractivity (Wildman–Crippen MR) is 69.5 cm³/mol. The standard InChI is InChI=1S/C13H14F3N3O3/c1-21-8-22-10-4-2-9(3-5-10)11(20)17-7-6-12(18-19-12)13(14,15)16/h2-5H,6-8H2,1H3,(H,17,20). The van der Waals surface area contributed by atoms with Crippen molar-refractivity contribution in [1.29, 1.82) is 0 Å². The summed E-state index contributed by atoms with van der Waals surface area (Å²) in [6.45, 7) is -0.0919. The fourth-order valence-electron chi connectivity index (χ4n) is 1.70. The molecule has 0 bridgehead atoms. The van der Waals surface area contributed by atoms with E-state index in [0.717, 1.165) is 0 Å². The van der Waals surface area contributed by atoms with Crippen molar-refractivity contribution in [3.63, 3.8) is 0 Å². The smallest absolute Gasteiger partial charge is 0.437 e. The zero-order valence-corrected chi connectivity index (χ0v) is 11.7. The number of alkyl halides is 3. The first-order valence-electron chi connectivity index (χ1n) is 6.39. The first-order valence-corrected chi connectivity index (χ1v) is 6.39. The lowest BCUT2D eigenvalue weighted by atomic mass is 10.1. The molecule has 0 fully saturated rings. The minimum Gasteiger partial charge on any atom is -0.468 e. The molecule has 6 nitrogen and oxygen atoms in total. The van der Waals surface area contributed by atoms with E-state index < -0.39 is 24.2 Å². The number of amides is 1. The van der Waals surface area contributed by atoms with Crippen molar-refractivity contribution in [2.45, 2.75) is 18.3 Å². The summed E-state index contributed by atoms with van der Waals surface area (Å²) >= 11 is 0. The minimum atomic E-state index is -4.52. The maximum Gasteiger partial charge on any atom is 0.437 e. The largest absolute Gasteiger partial charge is 0.468 e. The van der Waals surface area contributed by atoms with Gasteiger partial charge in [-0.2, -0.15) is 13.2 Å². The van der Waals surface area contributed by atoms with Crippen LogP contribution in [0.15, 0.2) is 34.5 Å². The fourth-order valence-corrected chi connectivity index (χ4v) is 1.70. The summed E-state index contributed by atoms with van der Waals surface area (Å²) in [5.74, 6) is 0.0428. The highest BCUT2D eigenvalue weighted by Crippen LogP contribution is 2.46. The van der Waals surface area contributed by atoms with Crippen molar-refractivity contribution in [3.05, 3.63) is 29.8 Å². The van der Waals surface area contributed by atoms with Crippen LogP contribution in [0.1, 0.15) is 16.8 Å². The lowest BCUT2D eigenvalue weighted by Gasteiger charge is -2.14. The molecule has 0 aromatic heterocycles. The third-order valence-electron chi connectivity index (χ3n) is 3.01. The Labute approximate surface area is 124 Å². The Morgan fingerprint density at radius 1 is 1.27 bits per heavy atom. The van der Waals surface area contributed by atoms with E-state index in [4.69, 9.17) is 9.47 Å². The number of benzene rings is 1. The quantitative estimate of drug-likeness (QED) is 0.785. The Morgan fingerprint density at radius 3 is 2.41 bits per heavy atom. The number of halogens is 3. The minimum absolute atomic E-state index is 0.0814. The number of nitrogens with one attached hydrogen (secondary N) is 1. The van der Waals surface area contributed by atoms with Gasteiger partial charge in [0.15, 0.2) is 6.79 Å². The van der Waals surface area contributed by atoms with Gasteiger partial charge in [-0.05, 0) is 24.3 Å². The first-order chi connectivity index (χ1) is 10.4. The van der Waals surface area contributed by atoms with E-state index >= 15 is 0 Å². The van der Waals surface area contributed by atoms with E-state index in [1.807, 2.05) is 0 Å². The second-order valence-electron chi connectivity index (χ2n) is 4.60. The van der Waals surface area contributed by atoms with E-state index in [-0.39, 0.29) is 13.3 Å². The van der Waals surface area contributed by atoms with E-state index in [1.165, 1.54) is 19.2 Å². The number of rotatable bonds is 7. The Morgan fingerprint density at radius 2 is 1.91 bits per heavy atom. The van der Waals surface area contributed by atoms with Crippen molar-refractivity contribution < 1.29 is 27.4 Å². The van der Waals surface area contributed by atoms with Gasteiger partial charge in [-0.25, -0.2) is 0 Å². The summed E-state index contributed by atoms with van der Waals surface area (Å²) in [4.78, 5) is 11.8. The Hall–Kier alpha value is -2.16. The molecular weight excluding hydrogens is 303 g/mol. The van der Waals surface area contributed by atoms with Crippen molar-refractivity contribution in [3.8, 4) is 5.75 Å². The van der Waals surface area contributed by atoms with Crippen LogP contribution < -0.4 is 10.1 Å². The SMILES string of the molecule is COCOc1ccc(C(=O)NCCC2(C(F)(F)F)N=N2)cc1. The highest BCUT2D eigenvalue weighted by Gasteiger charge is 2.63. The van der Waals surface area contributed by atoms with E-state index in [0.29, 0.717) is 11.3 Å². The number of hydrogen-bond donors (Lipinski definition) is 1. The summed E-state index contributed by atoms with van der Waals surface area (Å²) in [6.07, 6.45) is -4.92. The van der Waals surface area contributed by atoms with Gasteiger partial charge in [-0.3, -0.25) is 4.79 Å². The molecule has 22 heavy (non-hydrogen) atoms. The molecule has 1 heterocycles. The van der Waals surface area contributed by atoms with Crippen molar-refractivity contribution in [2.75, 3.05) is 20.4 Å². The third-order valence-corrected chi connectivity index (χ3v) is 3.01. The zero-order valence-electron chi connectivity index (χ0n) is 11.7. The van der Waals surface area contributed by atoms with Gasteiger partial charge in [0.2, 0.25) is 0 Å². The van der Waals surface area contributed by atoms with Crippen LogP contribution in [0.4, 0.5) is 13.2 Å². The molecule has 1 aliphatic rings. The average Bonchev–Trinajstić information content (AvgIpc) is 3.26. The molecule has 0 spiro atoms. The van der Waals surface area contributed by atoms with E-state index in [9.17, 15) is 18.0 Å². The number of methoxy groups -OCH3 is 1. The van der Waals surface area contributed by atoms with Gasteiger partial charge in [0.1, 0.15) is 5.75 Å². The molecule has 1 aromatic rings. The number of hydrogen-bond acceptors (Lipinski definition) is 5. The first kappa shape index (κ1) is 16.2. The van der Waals surface area contributed by atoms with Crippen LogP contribution in [-0.2, 0) is 4.74 Å². The Kier molecular flexibility index (Phi) is 4.65. The summed E-state index contributed by atoms with van der Waals surface area (Å²) < 4.78 is 47.6. The number of carbonyl (C=O) groups is 1. The fraction of sp³-hybridized carbons (Fsp3) is 0.462. The summed E-state index contributed by atoms with van der Waals surface area (Å²) in [5, 5.41) is 8.48. The van der Waals surface area contributed by atoms with Crippen LogP contribution >= 0.6 is 0 Å². The zero-order chi connectivity index (χ0) is 16.2. The number of nitrogens with zero attached hydrogens (tertiary/aromatic N) is 2. The molecule has 1 aliphatic heterocycles. The molecular formula is C13H14F3N3O3. The average molecular weight is 317 g/mol. The Bertz CT molecular complexity index is 552. The van der Waals surface area contributed by atoms with Crippen LogP contribution in [0.5, 0.6) is 5.75 Å². The van der Waals surface area contributed by atoms with Gasteiger partial charge in [-0.15, -0.1) is 10.2 Å². The maximum atomic E-state index is 12.6. The molecule has 0 saturated heterocycles. The van der Waals surface area contributed by atoms with Gasteiger partial charge in [0.25, 0.3) is 11.6 Å². The molecule has 0 unspecified atom stereocenters. The molecule has 1 aromatic carbocycles. The molecule has 0 atom stereocenters. The normalized spacial score (nSPS) is 15.5. The van der Waals surface area contributed by atoms with E-state index in [1.54, 1.807) is 12.1 Å². The lowest BCUT2D eigenvalue weighted by Crippen LogP contribution is -2.37. The molecule has 1 N–H and O–H groups in total. The van der Waals surface area contributed by atoms with Crippen molar-refractivity contribution >= 4 is 5.91 Å². The van der Waals surface area contributed by atoms with Crippen LogP contribution in [0.25, 0.3) is 0 Å². The summed E-state index contributed by atoms with van der Waals surface area (Å²) in [5.41, 5.74) is -2.02. The topological polar surface area (TPSA) is 72.3 Å². The second kappa shape index (κ2) is 6.30. The maximum absolute atomic E-state index is 12.6. The van der Waals surface area contributed by atoms with Gasteiger partial charge in [0.05, 0.1) is 0 Å².